The minimum atomic E-state index is -0.158. The fourth-order valence-corrected chi connectivity index (χ4v) is 1.86. The van der Waals surface area contributed by atoms with Crippen LogP contribution in [-0.4, -0.2) is 18.9 Å². The predicted molar refractivity (Wildman–Crippen MR) is 49.4 cm³/mol. The highest BCUT2D eigenvalue weighted by Gasteiger charge is 2.28. The summed E-state index contributed by atoms with van der Waals surface area (Å²) in [6.45, 7) is 0. The van der Waals surface area contributed by atoms with Crippen molar-refractivity contribution in [1.29, 1.82) is 5.41 Å². The van der Waals surface area contributed by atoms with Crippen LogP contribution >= 0.6 is 0 Å². The van der Waals surface area contributed by atoms with Gasteiger partial charge in [0.15, 0.2) is 0 Å². The summed E-state index contributed by atoms with van der Waals surface area (Å²) in [5.41, 5.74) is 5.39. The second kappa shape index (κ2) is 4.25. The molecule has 0 radical (unpaired) electrons. The molecule has 1 rings (SSSR count). The molecule has 0 spiro atoms. The molecule has 0 aromatic heterocycles. The second-order valence-corrected chi connectivity index (χ2v) is 3.61. The number of carbonyl (C=O) groups is 1. The van der Waals surface area contributed by atoms with Crippen molar-refractivity contribution in [3.63, 3.8) is 0 Å². The van der Waals surface area contributed by atoms with Gasteiger partial charge in [0.2, 0.25) is 0 Å². The highest BCUT2D eigenvalue weighted by molar-refractivity contribution is 5.80. The van der Waals surface area contributed by atoms with Gasteiger partial charge < -0.3 is 10.5 Å². The van der Waals surface area contributed by atoms with Crippen molar-refractivity contribution in [3.8, 4) is 0 Å². The Morgan fingerprint density at radius 3 is 2.77 bits per heavy atom. The molecule has 4 nitrogen and oxygen atoms in total. The molecule has 2 atom stereocenters. The van der Waals surface area contributed by atoms with E-state index in [0.717, 1.165) is 19.3 Å². The van der Waals surface area contributed by atoms with Gasteiger partial charge in [-0.05, 0) is 25.2 Å². The van der Waals surface area contributed by atoms with E-state index < -0.39 is 0 Å². The highest BCUT2D eigenvalue weighted by atomic mass is 16.5. The van der Waals surface area contributed by atoms with Crippen LogP contribution in [-0.2, 0) is 9.53 Å². The molecule has 0 bridgehead atoms. The van der Waals surface area contributed by atoms with Gasteiger partial charge in [0.25, 0.3) is 0 Å². The summed E-state index contributed by atoms with van der Waals surface area (Å²) in [4.78, 5) is 10.9. The number of ether oxygens (including phenoxy) is 1. The van der Waals surface area contributed by atoms with E-state index in [1.807, 2.05) is 0 Å². The largest absolute Gasteiger partial charge is 0.469 e. The lowest BCUT2D eigenvalue weighted by Gasteiger charge is -2.08. The zero-order chi connectivity index (χ0) is 9.84. The van der Waals surface area contributed by atoms with Gasteiger partial charge in [-0.15, -0.1) is 0 Å². The number of carbonyl (C=O) groups excluding carboxylic acids is 1. The lowest BCUT2D eigenvalue weighted by molar-refractivity contribution is -0.141. The first kappa shape index (κ1) is 10.0. The van der Waals surface area contributed by atoms with Crippen LogP contribution in [0.2, 0.25) is 0 Å². The third-order valence-electron chi connectivity index (χ3n) is 2.66. The van der Waals surface area contributed by atoms with Crippen LogP contribution < -0.4 is 5.73 Å². The monoisotopic (exact) mass is 184 g/mol. The summed E-state index contributed by atoms with van der Waals surface area (Å²) in [7, 11) is 1.40. The number of methoxy groups -OCH3 is 1. The number of hydrogen-bond donors (Lipinski definition) is 2. The number of nitrogens with two attached hydrogens (primary N) is 1. The molecule has 3 N–H and O–H groups in total. The van der Waals surface area contributed by atoms with Crippen molar-refractivity contribution in [2.45, 2.75) is 25.7 Å². The SMILES string of the molecule is COC(=O)CC1CCC(C(=N)N)C1. The van der Waals surface area contributed by atoms with Crippen molar-refractivity contribution in [2.24, 2.45) is 17.6 Å². The van der Waals surface area contributed by atoms with Crippen molar-refractivity contribution in [1.82, 2.24) is 0 Å². The number of hydrogen-bond acceptors (Lipinski definition) is 3. The number of rotatable bonds is 3. The molecule has 0 amide bonds. The molecule has 0 saturated heterocycles. The van der Waals surface area contributed by atoms with Gasteiger partial charge >= 0.3 is 5.97 Å². The summed E-state index contributed by atoms with van der Waals surface area (Å²) in [5.74, 6) is 0.651. The van der Waals surface area contributed by atoms with Gasteiger partial charge in [-0.1, -0.05) is 0 Å². The summed E-state index contributed by atoms with van der Waals surface area (Å²) in [5, 5.41) is 7.27. The lowest BCUT2D eigenvalue weighted by Crippen LogP contribution is -2.20. The van der Waals surface area contributed by atoms with Crippen LogP contribution in [0.25, 0.3) is 0 Å². The van der Waals surface area contributed by atoms with E-state index in [-0.39, 0.29) is 17.7 Å². The number of esters is 1. The summed E-state index contributed by atoms with van der Waals surface area (Å²) < 4.78 is 4.58. The van der Waals surface area contributed by atoms with Crippen LogP contribution in [0.15, 0.2) is 0 Å². The maximum absolute atomic E-state index is 10.9. The second-order valence-electron chi connectivity index (χ2n) is 3.61. The van der Waals surface area contributed by atoms with Gasteiger partial charge in [0, 0.05) is 12.3 Å². The molecular weight excluding hydrogens is 168 g/mol. The maximum Gasteiger partial charge on any atom is 0.305 e. The third kappa shape index (κ3) is 2.72. The Kier molecular flexibility index (Phi) is 3.28. The average molecular weight is 184 g/mol. The Balaban J connectivity index is 2.33. The summed E-state index contributed by atoms with van der Waals surface area (Å²) in [6, 6.07) is 0. The first-order valence-corrected chi connectivity index (χ1v) is 4.54. The minimum absolute atomic E-state index is 0.158. The zero-order valence-electron chi connectivity index (χ0n) is 7.88. The van der Waals surface area contributed by atoms with Gasteiger partial charge in [0.05, 0.1) is 12.9 Å². The Labute approximate surface area is 78.0 Å². The van der Waals surface area contributed by atoms with Gasteiger partial charge in [-0.25, -0.2) is 0 Å². The molecule has 0 aromatic carbocycles. The molecule has 2 unspecified atom stereocenters. The third-order valence-corrected chi connectivity index (χ3v) is 2.66. The topological polar surface area (TPSA) is 76.2 Å². The Hall–Kier alpha value is -1.06. The van der Waals surface area contributed by atoms with E-state index in [1.54, 1.807) is 0 Å². The molecule has 0 aromatic rings. The first-order valence-electron chi connectivity index (χ1n) is 4.54. The fraction of sp³-hybridized carbons (Fsp3) is 0.778. The molecule has 1 fully saturated rings. The van der Waals surface area contributed by atoms with Crippen LogP contribution in [0.5, 0.6) is 0 Å². The van der Waals surface area contributed by atoms with E-state index in [1.165, 1.54) is 7.11 Å². The van der Waals surface area contributed by atoms with Crippen LogP contribution in [0.4, 0.5) is 0 Å². The molecule has 1 aliphatic carbocycles. The zero-order valence-corrected chi connectivity index (χ0v) is 7.88. The van der Waals surface area contributed by atoms with Crippen molar-refractivity contribution >= 4 is 11.8 Å². The molecular formula is C9H16N2O2. The summed E-state index contributed by atoms with van der Waals surface area (Å²) in [6.07, 6.45) is 3.26. The van der Waals surface area contributed by atoms with Gasteiger partial charge in [-0.3, -0.25) is 10.2 Å². The van der Waals surface area contributed by atoms with Crippen molar-refractivity contribution in [3.05, 3.63) is 0 Å². The maximum atomic E-state index is 10.9. The Bertz CT molecular complexity index is 216. The number of nitrogens with one attached hydrogen (secondary N) is 1. The van der Waals surface area contributed by atoms with E-state index in [9.17, 15) is 4.79 Å². The molecule has 1 aliphatic rings. The standard InChI is InChI=1S/C9H16N2O2/c1-13-8(12)5-6-2-3-7(4-6)9(10)11/h6-7H,2-5H2,1H3,(H3,10,11). The van der Waals surface area contributed by atoms with Crippen LogP contribution in [0, 0.1) is 17.2 Å². The highest BCUT2D eigenvalue weighted by Crippen LogP contribution is 2.32. The lowest BCUT2D eigenvalue weighted by atomic mass is 10.0. The smallest absolute Gasteiger partial charge is 0.305 e. The molecule has 13 heavy (non-hydrogen) atoms. The molecule has 0 heterocycles. The molecule has 4 heteroatoms. The fourth-order valence-electron chi connectivity index (χ4n) is 1.86. The molecule has 74 valence electrons. The Morgan fingerprint density at radius 1 is 1.62 bits per heavy atom. The summed E-state index contributed by atoms with van der Waals surface area (Å²) >= 11 is 0. The van der Waals surface area contributed by atoms with Crippen molar-refractivity contribution in [2.75, 3.05) is 7.11 Å². The number of amidine groups is 1. The van der Waals surface area contributed by atoms with Crippen LogP contribution in [0.3, 0.4) is 0 Å². The average Bonchev–Trinajstić information content (AvgIpc) is 2.52. The normalized spacial score (nSPS) is 27.2. The molecule has 0 aliphatic heterocycles. The molecule has 1 saturated carbocycles. The Morgan fingerprint density at radius 2 is 2.31 bits per heavy atom. The van der Waals surface area contributed by atoms with E-state index in [0.29, 0.717) is 12.3 Å². The van der Waals surface area contributed by atoms with E-state index in [4.69, 9.17) is 11.1 Å². The van der Waals surface area contributed by atoms with Crippen LogP contribution in [0.1, 0.15) is 25.7 Å². The van der Waals surface area contributed by atoms with Gasteiger partial charge in [0.1, 0.15) is 0 Å². The van der Waals surface area contributed by atoms with Crippen molar-refractivity contribution < 1.29 is 9.53 Å². The van der Waals surface area contributed by atoms with Gasteiger partial charge in [-0.2, -0.15) is 0 Å². The minimum Gasteiger partial charge on any atom is -0.469 e. The van der Waals surface area contributed by atoms with E-state index in [2.05, 4.69) is 4.74 Å². The van der Waals surface area contributed by atoms with E-state index >= 15 is 0 Å². The quantitative estimate of drug-likeness (QED) is 0.388. The first-order chi connectivity index (χ1) is 6.13. The predicted octanol–water partition coefficient (Wildman–Crippen LogP) is 0.902.